The second kappa shape index (κ2) is 8.62. The maximum atomic E-state index is 11.4. The van der Waals surface area contributed by atoms with Crippen molar-refractivity contribution >= 4 is 28.1 Å². The van der Waals surface area contributed by atoms with Crippen LogP contribution < -0.4 is 14.8 Å². The van der Waals surface area contributed by atoms with E-state index in [2.05, 4.69) is 20.3 Å². The van der Waals surface area contributed by atoms with Gasteiger partial charge in [-0.2, -0.15) is 0 Å². The van der Waals surface area contributed by atoms with Crippen LogP contribution >= 0.6 is 0 Å². The van der Waals surface area contributed by atoms with E-state index in [9.17, 15) is 10.1 Å². The highest BCUT2D eigenvalue weighted by molar-refractivity contribution is 5.93. The van der Waals surface area contributed by atoms with Gasteiger partial charge in [0.25, 0.3) is 0 Å². The molecule has 0 aliphatic rings. The van der Waals surface area contributed by atoms with Crippen LogP contribution in [0.5, 0.6) is 11.5 Å². The van der Waals surface area contributed by atoms with Crippen molar-refractivity contribution in [3.05, 3.63) is 82.4 Å². The monoisotopic (exact) mass is 417 g/mol. The third-order valence-electron chi connectivity index (χ3n) is 4.67. The van der Waals surface area contributed by atoms with Gasteiger partial charge < -0.3 is 14.8 Å². The lowest BCUT2D eigenvalue weighted by molar-refractivity contribution is -0.385. The minimum Gasteiger partial charge on any atom is -0.490 e. The molecule has 0 fully saturated rings. The Morgan fingerprint density at radius 1 is 1.06 bits per heavy atom. The summed E-state index contributed by atoms with van der Waals surface area (Å²) in [4.78, 5) is 23.6. The molecule has 0 aliphatic heterocycles. The zero-order chi connectivity index (χ0) is 21.8. The van der Waals surface area contributed by atoms with Crippen molar-refractivity contribution in [1.29, 1.82) is 0 Å². The largest absolute Gasteiger partial charge is 0.490 e. The highest BCUT2D eigenvalue weighted by Gasteiger charge is 2.18. The van der Waals surface area contributed by atoms with Crippen LogP contribution in [0, 0.1) is 17.0 Å². The van der Waals surface area contributed by atoms with E-state index in [1.165, 1.54) is 25.6 Å². The van der Waals surface area contributed by atoms with Crippen LogP contribution in [0.1, 0.15) is 11.3 Å². The number of hydrogen-bond acceptors (Lipinski definition) is 8. The molecule has 4 aromatic rings. The minimum atomic E-state index is -0.493. The van der Waals surface area contributed by atoms with E-state index in [0.717, 1.165) is 22.7 Å². The molecule has 0 bridgehead atoms. The van der Waals surface area contributed by atoms with Crippen molar-refractivity contribution in [3.63, 3.8) is 0 Å². The molecule has 9 nitrogen and oxygen atoms in total. The van der Waals surface area contributed by atoms with E-state index in [0.29, 0.717) is 23.3 Å². The van der Waals surface area contributed by atoms with Crippen molar-refractivity contribution in [3.8, 4) is 11.5 Å². The summed E-state index contributed by atoms with van der Waals surface area (Å²) in [5, 5.41) is 15.1. The summed E-state index contributed by atoms with van der Waals surface area (Å²) in [6.45, 7) is 2.31. The fourth-order valence-corrected chi connectivity index (χ4v) is 3.14. The quantitative estimate of drug-likeness (QED) is 0.344. The van der Waals surface area contributed by atoms with Gasteiger partial charge in [0.15, 0.2) is 5.75 Å². The molecule has 0 unspecified atom stereocenters. The minimum absolute atomic E-state index is 0.146. The Morgan fingerprint density at radius 2 is 1.94 bits per heavy atom. The van der Waals surface area contributed by atoms with E-state index in [1.807, 2.05) is 43.3 Å². The second-order valence-electron chi connectivity index (χ2n) is 6.74. The van der Waals surface area contributed by atoms with E-state index < -0.39 is 4.92 Å². The summed E-state index contributed by atoms with van der Waals surface area (Å²) >= 11 is 0. The lowest BCUT2D eigenvalue weighted by Gasteiger charge is -2.13. The number of pyridine rings is 1. The molecule has 1 N–H and O–H groups in total. The molecule has 4 rings (SSSR count). The topological polar surface area (TPSA) is 112 Å². The van der Waals surface area contributed by atoms with Crippen LogP contribution in [0.4, 0.5) is 17.2 Å². The van der Waals surface area contributed by atoms with Gasteiger partial charge in [0.05, 0.1) is 28.6 Å². The van der Waals surface area contributed by atoms with E-state index in [1.54, 1.807) is 6.20 Å². The molecular weight excluding hydrogens is 398 g/mol. The van der Waals surface area contributed by atoms with Crippen LogP contribution in [-0.2, 0) is 6.61 Å². The first kappa shape index (κ1) is 20.0. The lowest BCUT2D eigenvalue weighted by atomic mass is 10.1. The number of ether oxygens (including phenoxy) is 2. The number of aryl methyl sites for hydroxylation is 1. The molecule has 0 atom stereocenters. The number of fused-ring (bicyclic) bond motifs is 1. The van der Waals surface area contributed by atoms with Gasteiger partial charge in [-0.05, 0) is 42.8 Å². The normalized spacial score (nSPS) is 10.6. The van der Waals surface area contributed by atoms with Crippen molar-refractivity contribution in [2.45, 2.75) is 13.5 Å². The summed E-state index contributed by atoms with van der Waals surface area (Å²) in [6.07, 6.45) is 3.12. The number of nitro groups is 1. The smallest absolute Gasteiger partial charge is 0.311 e. The summed E-state index contributed by atoms with van der Waals surface area (Å²) in [5.41, 5.74) is 2.91. The fraction of sp³-hybridized carbons (Fsp3) is 0.136. The molecule has 0 aliphatic carbocycles. The van der Waals surface area contributed by atoms with Crippen LogP contribution in [0.25, 0.3) is 10.9 Å². The van der Waals surface area contributed by atoms with Crippen molar-refractivity contribution < 1.29 is 14.4 Å². The van der Waals surface area contributed by atoms with Gasteiger partial charge in [-0.1, -0.05) is 6.07 Å². The first-order valence-electron chi connectivity index (χ1n) is 9.42. The number of nitrogens with zero attached hydrogens (tertiary/aromatic N) is 4. The average Bonchev–Trinajstić information content (AvgIpc) is 2.78. The Balaban J connectivity index is 1.59. The lowest BCUT2D eigenvalue weighted by Crippen LogP contribution is -2.01. The SMILES string of the molecule is COc1cc2ncnc(Nc3ccc(OCc4ccccn4)c(C)c3)c2cc1[N+](=O)[O-]. The maximum Gasteiger partial charge on any atom is 0.311 e. The number of anilines is 2. The van der Waals surface area contributed by atoms with Crippen molar-refractivity contribution in [2.24, 2.45) is 0 Å². The van der Waals surface area contributed by atoms with E-state index in [-0.39, 0.29) is 11.4 Å². The van der Waals surface area contributed by atoms with Crippen LogP contribution in [0.3, 0.4) is 0 Å². The zero-order valence-corrected chi connectivity index (χ0v) is 16.9. The maximum absolute atomic E-state index is 11.4. The second-order valence-corrected chi connectivity index (χ2v) is 6.74. The van der Waals surface area contributed by atoms with Gasteiger partial charge in [0, 0.05) is 24.0 Å². The molecule has 2 aromatic carbocycles. The summed E-state index contributed by atoms with van der Waals surface area (Å²) in [5.74, 6) is 1.34. The Kier molecular flexibility index (Phi) is 5.57. The van der Waals surface area contributed by atoms with E-state index >= 15 is 0 Å². The molecule has 9 heteroatoms. The predicted octanol–water partition coefficient (Wildman–Crippen LogP) is 4.57. The number of nitrogens with one attached hydrogen (secondary N) is 1. The standard InChI is InChI=1S/C22H19N5O4/c1-14-9-15(6-7-20(14)31-12-16-5-3-4-8-23-16)26-22-17-10-19(27(28)29)21(30-2)11-18(17)24-13-25-22/h3-11,13H,12H2,1-2H3,(H,24,25,26). The zero-order valence-electron chi connectivity index (χ0n) is 16.9. The van der Waals surface area contributed by atoms with Gasteiger partial charge in [0.2, 0.25) is 0 Å². The predicted molar refractivity (Wildman–Crippen MR) is 116 cm³/mol. The Labute approximate surface area is 177 Å². The summed E-state index contributed by atoms with van der Waals surface area (Å²) < 4.78 is 11.0. The summed E-state index contributed by atoms with van der Waals surface area (Å²) in [7, 11) is 1.38. The first-order chi connectivity index (χ1) is 15.0. The van der Waals surface area contributed by atoms with Crippen LogP contribution in [0.2, 0.25) is 0 Å². The van der Waals surface area contributed by atoms with Gasteiger partial charge in [0.1, 0.15) is 24.5 Å². The molecule has 156 valence electrons. The van der Waals surface area contributed by atoms with E-state index in [4.69, 9.17) is 9.47 Å². The van der Waals surface area contributed by atoms with Gasteiger partial charge in [-0.3, -0.25) is 15.1 Å². The van der Waals surface area contributed by atoms with Crippen LogP contribution in [0.15, 0.2) is 61.1 Å². The number of nitro benzene ring substituents is 1. The molecule has 2 heterocycles. The molecule has 31 heavy (non-hydrogen) atoms. The number of benzene rings is 2. The highest BCUT2D eigenvalue weighted by atomic mass is 16.6. The fourth-order valence-electron chi connectivity index (χ4n) is 3.14. The van der Waals surface area contributed by atoms with Crippen molar-refractivity contribution in [2.75, 3.05) is 12.4 Å². The molecule has 0 amide bonds. The third-order valence-corrected chi connectivity index (χ3v) is 4.67. The molecule has 0 saturated heterocycles. The molecule has 0 radical (unpaired) electrons. The first-order valence-corrected chi connectivity index (χ1v) is 9.42. The van der Waals surface area contributed by atoms with Gasteiger partial charge in [-0.15, -0.1) is 0 Å². The molecule has 0 spiro atoms. The third kappa shape index (κ3) is 4.35. The Morgan fingerprint density at radius 3 is 2.65 bits per heavy atom. The Bertz CT molecular complexity index is 1250. The number of rotatable bonds is 7. The van der Waals surface area contributed by atoms with Crippen LogP contribution in [-0.4, -0.2) is 27.0 Å². The highest BCUT2D eigenvalue weighted by Crippen LogP contribution is 2.34. The van der Waals surface area contributed by atoms with Gasteiger partial charge >= 0.3 is 5.69 Å². The average molecular weight is 417 g/mol. The molecule has 0 saturated carbocycles. The number of aromatic nitrogens is 3. The summed E-state index contributed by atoms with van der Waals surface area (Å²) in [6, 6.07) is 14.2. The molecular formula is C22H19N5O4. The number of methoxy groups -OCH3 is 1. The Hall–Kier alpha value is -4.27. The molecule has 2 aromatic heterocycles. The van der Waals surface area contributed by atoms with Gasteiger partial charge in [-0.25, -0.2) is 9.97 Å². The van der Waals surface area contributed by atoms with Crippen molar-refractivity contribution in [1.82, 2.24) is 15.0 Å². The number of hydrogen-bond donors (Lipinski definition) is 1.